The molecule has 6 heteroatoms. The van der Waals surface area contributed by atoms with Crippen LogP contribution in [0, 0.1) is 5.82 Å². The smallest absolute Gasteiger partial charge is 0.323 e. The number of imidazole rings is 1. The maximum Gasteiger partial charge on any atom is 0.323 e. The lowest BCUT2D eigenvalue weighted by Crippen LogP contribution is -2.12. The van der Waals surface area contributed by atoms with Crippen molar-refractivity contribution in [2.75, 3.05) is 7.11 Å². The Morgan fingerprint density at radius 3 is 2.76 bits per heavy atom. The van der Waals surface area contributed by atoms with Gasteiger partial charge in [-0.2, -0.15) is 0 Å². The first-order valence-electron chi connectivity index (χ1n) is 6.72. The molecule has 4 nitrogen and oxygen atoms in total. The minimum Gasteiger partial charge on any atom is -0.468 e. The number of nitrogens with zero attached hydrogens (tertiary/aromatic N) is 2. The summed E-state index contributed by atoms with van der Waals surface area (Å²) >= 11 is 1.34. The van der Waals surface area contributed by atoms with Gasteiger partial charge in [0.25, 0.3) is 0 Å². The molecule has 0 aliphatic heterocycles. The molecule has 1 unspecified atom stereocenters. The Hall–Kier alpha value is -1.82. The van der Waals surface area contributed by atoms with Gasteiger partial charge in [-0.05, 0) is 30.5 Å². The number of ether oxygens (including phenoxy) is 1. The van der Waals surface area contributed by atoms with Crippen molar-refractivity contribution in [1.82, 2.24) is 9.55 Å². The third-order valence-electron chi connectivity index (χ3n) is 3.38. The van der Waals surface area contributed by atoms with Gasteiger partial charge in [0.2, 0.25) is 0 Å². The van der Waals surface area contributed by atoms with E-state index in [9.17, 15) is 9.18 Å². The summed E-state index contributed by atoms with van der Waals surface area (Å²) in [5.74, 6) is -0.691. The molecule has 1 aromatic carbocycles. The Labute approximate surface area is 126 Å². The number of aromatic nitrogens is 2. The standard InChI is InChI=1S/C15H15FN2O2S/c1-20-14(19)13(10-2-4-11(16)5-3-10)21-15-17-8-9-18(15)12-6-7-12/h2-5,8-9,12-13H,6-7H2,1H3. The van der Waals surface area contributed by atoms with E-state index in [2.05, 4.69) is 9.55 Å². The summed E-state index contributed by atoms with van der Waals surface area (Å²) in [5, 5.41) is 0.243. The normalized spacial score (nSPS) is 15.7. The van der Waals surface area contributed by atoms with Crippen molar-refractivity contribution in [3.05, 3.63) is 48.0 Å². The van der Waals surface area contributed by atoms with Gasteiger partial charge in [-0.15, -0.1) is 0 Å². The first-order valence-corrected chi connectivity index (χ1v) is 7.60. The Kier molecular flexibility index (Phi) is 3.96. The van der Waals surface area contributed by atoms with Gasteiger partial charge in [0.05, 0.1) is 7.11 Å². The minimum atomic E-state index is -0.546. The van der Waals surface area contributed by atoms with Crippen molar-refractivity contribution in [3.63, 3.8) is 0 Å². The van der Waals surface area contributed by atoms with Crippen LogP contribution in [0.1, 0.15) is 29.7 Å². The zero-order valence-corrected chi connectivity index (χ0v) is 12.3. The maximum absolute atomic E-state index is 13.0. The molecule has 1 aliphatic carbocycles. The van der Waals surface area contributed by atoms with E-state index in [4.69, 9.17) is 4.74 Å². The number of hydrogen-bond acceptors (Lipinski definition) is 4. The summed E-state index contributed by atoms with van der Waals surface area (Å²) in [6, 6.07) is 6.39. The van der Waals surface area contributed by atoms with Crippen LogP contribution in [0.15, 0.2) is 41.8 Å². The number of carbonyl (C=O) groups is 1. The monoisotopic (exact) mass is 306 g/mol. The van der Waals surface area contributed by atoms with Gasteiger partial charge in [0.1, 0.15) is 11.1 Å². The second-order valence-electron chi connectivity index (χ2n) is 4.92. The maximum atomic E-state index is 13.0. The topological polar surface area (TPSA) is 44.1 Å². The van der Waals surface area contributed by atoms with Crippen molar-refractivity contribution in [1.29, 1.82) is 0 Å². The molecule has 0 radical (unpaired) electrons. The number of carbonyl (C=O) groups excluding carboxylic acids is 1. The van der Waals surface area contributed by atoms with Gasteiger partial charge in [-0.3, -0.25) is 4.79 Å². The number of benzene rings is 1. The van der Waals surface area contributed by atoms with Crippen LogP contribution in [0.3, 0.4) is 0 Å². The van der Waals surface area contributed by atoms with E-state index in [1.807, 2.05) is 6.20 Å². The lowest BCUT2D eigenvalue weighted by Gasteiger charge is -2.15. The molecule has 0 bridgehead atoms. The van der Waals surface area contributed by atoms with Crippen LogP contribution >= 0.6 is 11.8 Å². The van der Waals surface area contributed by atoms with Crippen LogP contribution in [-0.2, 0) is 9.53 Å². The summed E-state index contributed by atoms with van der Waals surface area (Å²) in [6.07, 6.45) is 5.95. The van der Waals surface area contributed by atoms with Crippen molar-refractivity contribution in [2.24, 2.45) is 0 Å². The van der Waals surface area contributed by atoms with E-state index in [1.54, 1.807) is 18.3 Å². The van der Waals surface area contributed by atoms with Gasteiger partial charge >= 0.3 is 5.97 Å². The molecule has 21 heavy (non-hydrogen) atoms. The van der Waals surface area contributed by atoms with Crippen LogP contribution in [0.2, 0.25) is 0 Å². The first-order chi connectivity index (χ1) is 10.2. The van der Waals surface area contributed by atoms with Gasteiger partial charge in [0, 0.05) is 18.4 Å². The Morgan fingerprint density at radius 1 is 1.43 bits per heavy atom. The number of rotatable bonds is 5. The lowest BCUT2D eigenvalue weighted by atomic mass is 10.1. The molecule has 0 amide bonds. The lowest BCUT2D eigenvalue weighted by molar-refractivity contribution is -0.140. The number of halogens is 1. The molecule has 1 heterocycles. The van der Waals surface area contributed by atoms with Crippen LogP contribution in [0.5, 0.6) is 0 Å². The van der Waals surface area contributed by atoms with Crippen molar-refractivity contribution >= 4 is 17.7 Å². The third kappa shape index (κ3) is 3.10. The summed E-state index contributed by atoms with van der Waals surface area (Å²) < 4.78 is 20.0. The molecule has 1 atom stereocenters. The van der Waals surface area contributed by atoms with E-state index >= 15 is 0 Å². The van der Waals surface area contributed by atoms with Crippen LogP contribution in [-0.4, -0.2) is 22.6 Å². The predicted octanol–water partition coefficient (Wildman–Crippen LogP) is 3.36. The summed E-state index contributed by atoms with van der Waals surface area (Å²) in [4.78, 5) is 16.4. The number of esters is 1. The van der Waals surface area contributed by atoms with E-state index in [0.29, 0.717) is 11.6 Å². The van der Waals surface area contributed by atoms with Crippen LogP contribution in [0.25, 0.3) is 0 Å². The predicted molar refractivity (Wildman–Crippen MR) is 77.5 cm³/mol. The zero-order chi connectivity index (χ0) is 14.8. The third-order valence-corrected chi connectivity index (χ3v) is 4.61. The largest absolute Gasteiger partial charge is 0.468 e. The van der Waals surface area contributed by atoms with E-state index in [1.165, 1.54) is 31.0 Å². The van der Waals surface area contributed by atoms with E-state index < -0.39 is 5.25 Å². The molecule has 3 rings (SSSR count). The van der Waals surface area contributed by atoms with Gasteiger partial charge in [-0.25, -0.2) is 9.37 Å². The van der Waals surface area contributed by atoms with E-state index in [0.717, 1.165) is 18.0 Å². The summed E-state index contributed by atoms with van der Waals surface area (Å²) in [7, 11) is 1.35. The van der Waals surface area contributed by atoms with Crippen molar-refractivity contribution < 1.29 is 13.9 Å². The van der Waals surface area contributed by atoms with Gasteiger partial charge in [0.15, 0.2) is 5.16 Å². The molecule has 1 saturated carbocycles. The number of methoxy groups -OCH3 is 1. The molecule has 2 aromatic rings. The highest BCUT2D eigenvalue weighted by Crippen LogP contribution is 2.41. The van der Waals surface area contributed by atoms with Crippen molar-refractivity contribution in [2.45, 2.75) is 29.3 Å². The average molecular weight is 306 g/mol. The van der Waals surface area contributed by atoms with E-state index in [-0.39, 0.29) is 11.8 Å². The highest BCUT2D eigenvalue weighted by Gasteiger charge is 2.29. The Morgan fingerprint density at radius 2 is 2.14 bits per heavy atom. The molecule has 0 saturated heterocycles. The molecule has 1 aromatic heterocycles. The number of thioether (sulfide) groups is 1. The molecule has 110 valence electrons. The highest BCUT2D eigenvalue weighted by atomic mass is 32.2. The molecular weight excluding hydrogens is 291 g/mol. The zero-order valence-electron chi connectivity index (χ0n) is 11.5. The average Bonchev–Trinajstić information content (AvgIpc) is 3.24. The molecular formula is C15H15FN2O2S. The highest BCUT2D eigenvalue weighted by molar-refractivity contribution is 8.00. The second kappa shape index (κ2) is 5.89. The fraction of sp³-hybridized carbons (Fsp3) is 0.333. The van der Waals surface area contributed by atoms with Crippen LogP contribution in [0.4, 0.5) is 4.39 Å². The fourth-order valence-corrected chi connectivity index (χ4v) is 3.27. The fourth-order valence-electron chi connectivity index (χ4n) is 2.12. The molecule has 0 N–H and O–H groups in total. The Balaban J connectivity index is 1.87. The molecule has 1 aliphatic rings. The second-order valence-corrected chi connectivity index (χ2v) is 5.99. The van der Waals surface area contributed by atoms with Gasteiger partial charge in [-0.1, -0.05) is 23.9 Å². The molecule has 1 fully saturated rings. The number of hydrogen-bond donors (Lipinski definition) is 0. The molecule has 0 spiro atoms. The quantitative estimate of drug-likeness (QED) is 0.627. The van der Waals surface area contributed by atoms with Crippen molar-refractivity contribution in [3.8, 4) is 0 Å². The van der Waals surface area contributed by atoms with Gasteiger partial charge < -0.3 is 9.30 Å². The minimum absolute atomic E-state index is 0.327. The SMILES string of the molecule is COC(=O)C(Sc1nccn1C1CC1)c1ccc(F)cc1. The van der Waals surface area contributed by atoms with Crippen LogP contribution < -0.4 is 0 Å². The summed E-state index contributed by atoms with van der Waals surface area (Å²) in [5.41, 5.74) is 0.707. The first kappa shape index (κ1) is 14.1. The summed E-state index contributed by atoms with van der Waals surface area (Å²) in [6.45, 7) is 0. The Bertz CT molecular complexity index is 637.